The third kappa shape index (κ3) is 8.45. The highest BCUT2D eigenvalue weighted by atomic mass is 16.6. The first-order valence-corrected chi connectivity index (χ1v) is 8.10. The van der Waals surface area contributed by atoms with E-state index < -0.39 is 0 Å². The lowest BCUT2D eigenvalue weighted by Crippen LogP contribution is -2.12. The molecule has 0 spiro atoms. The van der Waals surface area contributed by atoms with Crippen LogP contribution in [0.1, 0.15) is 62.2 Å². The summed E-state index contributed by atoms with van der Waals surface area (Å²) in [6.07, 6.45) is 8.22. The van der Waals surface area contributed by atoms with Crippen molar-refractivity contribution < 1.29 is 19.1 Å². The van der Waals surface area contributed by atoms with Gasteiger partial charge in [-0.3, -0.25) is 9.59 Å². The Hall–Kier alpha value is -1.84. The van der Waals surface area contributed by atoms with Gasteiger partial charge in [0.2, 0.25) is 0 Å². The molecule has 4 nitrogen and oxygen atoms in total. The highest BCUT2D eigenvalue weighted by molar-refractivity contribution is 5.74. The summed E-state index contributed by atoms with van der Waals surface area (Å²) in [7, 11) is 0. The molecular weight excluding hydrogens is 280 g/mol. The molecule has 0 radical (unpaired) electrons. The molecule has 0 amide bonds. The molecule has 122 valence electrons. The van der Waals surface area contributed by atoms with Crippen molar-refractivity contribution in [3.05, 3.63) is 29.8 Å². The normalized spacial score (nSPS) is 10.2. The fourth-order valence-corrected chi connectivity index (χ4v) is 2.08. The van der Waals surface area contributed by atoms with Crippen LogP contribution in [0.2, 0.25) is 0 Å². The predicted molar refractivity (Wildman–Crippen MR) is 86.3 cm³/mol. The smallest absolute Gasteiger partial charge is 0.305 e. The van der Waals surface area contributed by atoms with E-state index in [9.17, 15) is 9.59 Å². The van der Waals surface area contributed by atoms with Crippen LogP contribution >= 0.6 is 0 Å². The van der Waals surface area contributed by atoms with Crippen molar-refractivity contribution in [3.63, 3.8) is 0 Å². The number of esters is 1. The number of rotatable bonds is 12. The van der Waals surface area contributed by atoms with E-state index in [1.807, 2.05) is 0 Å². The second kappa shape index (κ2) is 11.8. The van der Waals surface area contributed by atoms with Crippen LogP contribution in [-0.2, 0) is 9.53 Å². The fourth-order valence-electron chi connectivity index (χ4n) is 2.08. The van der Waals surface area contributed by atoms with Gasteiger partial charge in [-0.15, -0.1) is 0 Å². The first kappa shape index (κ1) is 18.2. The van der Waals surface area contributed by atoms with Crippen molar-refractivity contribution in [2.45, 2.75) is 51.9 Å². The molecule has 0 unspecified atom stereocenters. The molecule has 0 N–H and O–H groups in total. The van der Waals surface area contributed by atoms with Crippen LogP contribution in [0, 0.1) is 0 Å². The zero-order valence-corrected chi connectivity index (χ0v) is 13.4. The number of hydrogen-bond donors (Lipinski definition) is 0. The third-order valence-corrected chi connectivity index (χ3v) is 3.37. The number of aldehydes is 1. The largest absolute Gasteiger partial charge is 0.490 e. The Bertz CT molecular complexity index is 425. The Balaban J connectivity index is 2.01. The van der Waals surface area contributed by atoms with E-state index in [4.69, 9.17) is 9.47 Å². The average Bonchev–Trinajstić information content (AvgIpc) is 2.55. The Morgan fingerprint density at radius 1 is 1.00 bits per heavy atom. The maximum absolute atomic E-state index is 11.5. The average molecular weight is 306 g/mol. The molecule has 1 aromatic rings. The number of carbonyl (C=O) groups excluding carboxylic acids is 2. The van der Waals surface area contributed by atoms with Crippen molar-refractivity contribution in [2.24, 2.45) is 0 Å². The summed E-state index contributed by atoms with van der Waals surface area (Å²) in [6.45, 7) is 2.77. The topological polar surface area (TPSA) is 52.6 Å². The first-order valence-electron chi connectivity index (χ1n) is 8.10. The van der Waals surface area contributed by atoms with Crippen LogP contribution in [0.15, 0.2) is 24.3 Å². The third-order valence-electron chi connectivity index (χ3n) is 3.37. The minimum Gasteiger partial charge on any atom is -0.490 e. The van der Waals surface area contributed by atoms with Crippen LogP contribution < -0.4 is 4.74 Å². The van der Waals surface area contributed by atoms with Gasteiger partial charge in [-0.25, -0.2) is 0 Å². The van der Waals surface area contributed by atoms with Gasteiger partial charge in [0.15, 0.2) is 0 Å². The molecule has 0 saturated heterocycles. The van der Waals surface area contributed by atoms with Crippen LogP contribution in [0.25, 0.3) is 0 Å². The van der Waals surface area contributed by atoms with E-state index in [2.05, 4.69) is 6.92 Å². The molecule has 0 aliphatic carbocycles. The molecule has 1 aromatic carbocycles. The van der Waals surface area contributed by atoms with Crippen LogP contribution in [0.5, 0.6) is 5.75 Å². The van der Waals surface area contributed by atoms with Gasteiger partial charge in [-0.2, -0.15) is 0 Å². The van der Waals surface area contributed by atoms with E-state index in [0.29, 0.717) is 24.3 Å². The highest BCUT2D eigenvalue weighted by Gasteiger charge is 2.03. The van der Waals surface area contributed by atoms with Gasteiger partial charge in [0.1, 0.15) is 25.2 Å². The lowest BCUT2D eigenvalue weighted by atomic mass is 10.1. The van der Waals surface area contributed by atoms with E-state index in [-0.39, 0.29) is 12.6 Å². The Kier molecular flexibility index (Phi) is 9.75. The van der Waals surface area contributed by atoms with Crippen LogP contribution in [0.3, 0.4) is 0 Å². The van der Waals surface area contributed by atoms with Gasteiger partial charge in [0.25, 0.3) is 0 Å². The molecular formula is C18H26O4. The molecule has 0 fully saturated rings. The number of unbranched alkanes of at least 4 members (excludes halogenated alkanes) is 5. The molecule has 4 heteroatoms. The fraction of sp³-hybridized carbons (Fsp3) is 0.556. The summed E-state index contributed by atoms with van der Waals surface area (Å²) in [6, 6.07) is 6.82. The standard InChI is InChI=1S/C18H26O4/c1-2-3-4-5-6-7-8-18(20)22-14-13-21-17-11-9-16(15-19)10-12-17/h9-12,15H,2-8,13-14H2,1H3. The second-order valence-corrected chi connectivity index (χ2v) is 5.27. The summed E-state index contributed by atoms with van der Waals surface area (Å²) < 4.78 is 10.5. The molecule has 0 heterocycles. The van der Waals surface area contributed by atoms with Gasteiger partial charge >= 0.3 is 5.97 Å². The summed E-state index contributed by atoms with van der Waals surface area (Å²) >= 11 is 0. The summed E-state index contributed by atoms with van der Waals surface area (Å²) in [4.78, 5) is 22.0. The maximum Gasteiger partial charge on any atom is 0.305 e. The summed E-state index contributed by atoms with van der Waals surface area (Å²) in [5.41, 5.74) is 0.609. The number of benzene rings is 1. The molecule has 22 heavy (non-hydrogen) atoms. The lowest BCUT2D eigenvalue weighted by Gasteiger charge is -2.07. The zero-order valence-electron chi connectivity index (χ0n) is 13.4. The minimum absolute atomic E-state index is 0.157. The summed E-state index contributed by atoms with van der Waals surface area (Å²) in [5.74, 6) is 0.507. The van der Waals surface area contributed by atoms with E-state index in [1.165, 1.54) is 25.7 Å². The van der Waals surface area contributed by atoms with Gasteiger partial charge in [-0.1, -0.05) is 39.0 Å². The van der Waals surface area contributed by atoms with E-state index in [0.717, 1.165) is 19.1 Å². The van der Waals surface area contributed by atoms with Crippen molar-refractivity contribution in [3.8, 4) is 5.75 Å². The van der Waals surface area contributed by atoms with Gasteiger partial charge < -0.3 is 9.47 Å². The molecule has 0 atom stereocenters. The molecule has 0 aliphatic rings. The highest BCUT2D eigenvalue weighted by Crippen LogP contribution is 2.11. The Morgan fingerprint density at radius 3 is 2.36 bits per heavy atom. The number of ether oxygens (including phenoxy) is 2. The van der Waals surface area contributed by atoms with Crippen molar-refractivity contribution in [1.82, 2.24) is 0 Å². The van der Waals surface area contributed by atoms with Gasteiger partial charge in [0, 0.05) is 12.0 Å². The van der Waals surface area contributed by atoms with Gasteiger partial charge in [0.05, 0.1) is 0 Å². The minimum atomic E-state index is -0.157. The Labute approximate surface area is 132 Å². The lowest BCUT2D eigenvalue weighted by molar-refractivity contribution is -0.144. The molecule has 0 saturated carbocycles. The van der Waals surface area contributed by atoms with Crippen molar-refractivity contribution >= 4 is 12.3 Å². The van der Waals surface area contributed by atoms with Crippen molar-refractivity contribution in [1.29, 1.82) is 0 Å². The van der Waals surface area contributed by atoms with Crippen LogP contribution in [-0.4, -0.2) is 25.5 Å². The van der Waals surface area contributed by atoms with E-state index in [1.54, 1.807) is 24.3 Å². The summed E-state index contributed by atoms with van der Waals surface area (Å²) in [5, 5.41) is 0. The monoisotopic (exact) mass is 306 g/mol. The number of carbonyl (C=O) groups is 2. The molecule has 1 rings (SSSR count). The molecule has 0 aliphatic heterocycles. The SMILES string of the molecule is CCCCCCCCC(=O)OCCOc1ccc(C=O)cc1. The first-order chi connectivity index (χ1) is 10.8. The van der Waals surface area contributed by atoms with Gasteiger partial charge in [-0.05, 0) is 30.7 Å². The van der Waals surface area contributed by atoms with E-state index >= 15 is 0 Å². The second-order valence-electron chi connectivity index (χ2n) is 5.27. The van der Waals surface area contributed by atoms with Crippen LogP contribution in [0.4, 0.5) is 0 Å². The quantitative estimate of drug-likeness (QED) is 0.330. The molecule has 0 bridgehead atoms. The zero-order chi connectivity index (χ0) is 16.0. The predicted octanol–water partition coefficient (Wildman–Crippen LogP) is 4.17. The molecule has 0 aromatic heterocycles. The Morgan fingerprint density at radius 2 is 1.68 bits per heavy atom. The number of hydrogen-bond acceptors (Lipinski definition) is 4. The van der Waals surface area contributed by atoms with Crippen molar-refractivity contribution in [2.75, 3.05) is 13.2 Å². The maximum atomic E-state index is 11.5.